The second kappa shape index (κ2) is 11.7. The molecule has 1 saturated carbocycles. The van der Waals surface area contributed by atoms with Crippen molar-refractivity contribution >= 4 is 50.6 Å². The lowest BCUT2D eigenvalue weighted by molar-refractivity contribution is -0.130. The first-order chi connectivity index (χ1) is 15.4. The van der Waals surface area contributed by atoms with Gasteiger partial charge in [-0.2, -0.15) is 0 Å². The number of Topliss-reactive ketones (excluding diaryl/α,β-unsaturated/α-hetero) is 1. The Kier molecular flexibility index (Phi) is 9.00. The van der Waals surface area contributed by atoms with Gasteiger partial charge in [0.1, 0.15) is 5.78 Å². The van der Waals surface area contributed by atoms with Crippen LogP contribution in [0.15, 0.2) is 30.9 Å². The second-order valence-electron chi connectivity index (χ2n) is 8.59. The molecule has 1 aliphatic carbocycles. The van der Waals surface area contributed by atoms with Gasteiger partial charge in [-0.25, -0.2) is 4.98 Å². The highest BCUT2D eigenvalue weighted by Gasteiger charge is 2.30. The number of hydrogen-bond acceptors (Lipinski definition) is 5. The summed E-state index contributed by atoms with van der Waals surface area (Å²) in [5, 5.41) is 4.68. The number of allylic oxidation sites excluding steroid dienone is 1. The topological polar surface area (TPSA) is 76.1 Å². The number of fused-ring (bicyclic) bond motifs is 1. The van der Waals surface area contributed by atoms with Gasteiger partial charge in [0.2, 0.25) is 5.91 Å². The quantitative estimate of drug-likeness (QED) is 0.401. The van der Waals surface area contributed by atoms with E-state index in [1.807, 2.05) is 19.1 Å². The number of carbonyl (C=O) groups is 3. The molecule has 7 heteroatoms. The van der Waals surface area contributed by atoms with Crippen LogP contribution in [0, 0.1) is 11.8 Å². The maximum Gasteiger partial charge on any atom is 0.224 e. The smallest absolute Gasteiger partial charge is 0.224 e. The maximum atomic E-state index is 13.3. The fourth-order valence-corrected chi connectivity index (χ4v) is 5.73. The van der Waals surface area contributed by atoms with Gasteiger partial charge in [0.15, 0.2) is 5.78 Å². The minimum Gasteiger partial charge on any atom is -0.353 e. The number of nitrogens with one attached hydrogen (secondary N) is 1. The monoisotopic (exact) mass is 474 g/mol. The largest absolute Gasteiger partial charge is 0.353 e. The molecule has 1 aliphatic rings. The predicted molar refractivity (Wildman–Crippen MR) is 130 cm³/mol. The van der Waals surface area contributed by atoms with Crippen LogP contribution >= 0.6 is 22.9 Å². The third kappa shape index (κ3) is 6.72. The zero-order valence-electron chi connectivity index (χ0n) is 18.6. The Bertz CT molecular complexity index is 981. The molecule has 0 aliphatic heterocycles. The van der Waals surface area contributed by atoms with Gasteiger partial charge in [0.05, 0.1) is 21.1 Å². The average molecular weight is 475 g/mol. The highest BCUT2D eigenvalue weighted by Crippen LogP contribution is 2.31. The summed E-state index contributed by atoms with van der Waals surface area (Å²) in [5.41, 5.74) is 0.849. The molecule has 0 radical (unpaired) electrons. The van der Waals surface area contributed by atoms with Gasteiger partial charge in [0.25, 0.3) is 0 Å². The highest BCUT2D eigenvalue weighted by atomic mass is 35.5. The molecule has 32 heavy (non-hydrogen) atoms. The Morgan fingerprint density at radius 3 is 2.75 bits per heavy atom. The van der Waals surface area contributed by atoms with Crippen molar-refractivity contribution in [1.29, 1.82) is 0 Å². The predicted octanol–water partition coefficient (Wildman–Crippen LogP) is 5.69. The van der Waals surface area contributed by atoms with Crippen LogP contribution < -0.4 is 5.32 Å². The van der Waals surface area contributed by atoms with E-state index in [1.165, 1.54) is 17.4 Å². The van der Waals surface area contributed by atoms with E-state index in [0.717, 1.165) is 40.9 Å². The normalized spacial score (nSPS) is 16.1. The van der Waals surface area contributed by atoms with Crippen molar-refractivity contribution in [3.05, 3.63) is 40.9 Å². The van der Waals surface area contributed by atoms with Crippen LogP contribution in [0.1, 0.15) is 63.3 Å². The number of amides is 1. The Balaban J connectivity index is 1.75. The van der Waals surface area contributed by atoms with E-state index < -0.39 is 5.92 Å². The number of hydrogen-bond donors (Lipinski definition) is 1. The van der Waals surface area contributed by atoms with Crippen LogP contribution in [0.4, 0.5) is 0 Å². The van der Waals surface area contributed by atoms with Crippen molar-refractivity contribution in [3.8, 4) is 0 Å². The first-order valence-corrected chi connectivity index (χ1v) is 12.6. The fraction of sp³-hybridized carbons (Fsp3) is 0.520. The van der Waals surface area contributed by atoms with E-state index in [1.54, 1.807) is 6.07 Å². The fourth-order valence-electron chi connectivity index (χ4n) is 4.41. The van der Waals surface area contributed by atoms with E-state index in [0.29, 0.717) is 36.6 Å². The minimum absolute atomic E-state index is 0.00640. The van der Waals surface area contributed by atoms with Crippen molar-refractivity contribution in [1.82, 2.24) is 10.3 Å². The summed E-state index contributed by atoms with van der Waals surface area (Å²) in [6.45, 7) is 5.37. The molecule has 3 rings (SSSR count). The van der Waals surface area contributed by atoms with Crippen LogP contribution in [0.3, 0.4) is 0 Å². The van der Waals surface area contributed by atoms with Gasteiger partial charge in [-0.3, -0.25) is 14.4 Å². The zero-order chi connectivity index (χ0) is 23.1. The maximum absolute atomic E-state index is 13.3. The SMILES string of the molecule is C=CC(=O)CC[C@@H](NC(=O)[C@@H](CC(=O)CC)Cc1nc2ccc(Cl)cc2s1)C1CCCC1. The number of halogens is 1. The summed E-state index contributed by atoms with van der Waals surface area (Å²) >= 11 is 7.60. The molecular weight excluding hydrogens is 444 g/mol. The first kappa shape index (κ1) is 24.6. The Labute approximate surface area is 198 Å². The molecular formula is C25H31ClN2O3S. The number of ketones is 2. The van der Waals surface area contributed by atoms with Crippen LogP contribution in [0.25, 0.3) is 10.2 Å². The van der Waals surface area contributed by atoms with Gasteiger partial charge >= 0.3 is 0 Å². The summed E-state index contributed by atoms with van der Waals surface area (Å²) in [7, 11) is 0. The average Bonchev–Trinajstić information content (AvgIpc) is 3.45. The summed E-state index contributed by atoms with van der Waals surface area (Å²) in [6.07, 6.45) is 7.76. The first-order valence-electron chi connectivity index (χ1n) is 11.4. The number of nitrogens with zero attached hydrogens (tertiary/aromatic N) is 1. The lowest BCUT2D eigenvalue weighted by atomic mass is 9.91. The van der Waals surface area contributed by atoms with Crippen molar-refractivity contribution in [2.75, 3.05) is 0 Å². The van der Waals surface area contributed by atoms with Crippen LogP contribution in [-0.2, 0) is 20.8 Å². The molecule has 0 saturated heterocycles. The van der Waals surface area contributed by atoms with E-state index in [-0.39, 0.29) is 29.9 Å². The molecule has 1 fully saturated rings. The van der Waals surface area contributed by atoms with Crippen LogP contribution in [0.5, 0.6) is 0 Å². The molecule has 2 aromatic rings. The molecule has 0 unspecified atom stereocenters. The lowest BCUT2D eigenvalue weighted by Crippen LogP contribution is -2.43. The molecule has 0 bridgehead atoms. The molecule has 2 atom stereocenters. The summed E-state index contributed by atoms with van der Waals surface area (Å²) < 4.78 is 0.972. The molecule has 1 aromatic carbocycles. The number of carbonyl (C=O) groups excluding carboxylic acids is 3. The highest BCUT2D eigenvalue weighted by molar-refractivity contribution is 7.18. The van der Waals surface area contributed by atoms with Gasteiger partial charge in [-0.1, -0.05) is 37.9 Å². The Hall–Kier alpha value is -2.05. The van der Waals surface area contributed by atoms with E-state index in [2.05, 4.69) is 16.9 Å². The third-order valence-electron chi connectivity index (χ3n) is 6.28. The third-order valence-corrected chi connectivity index (χ3v) is 7.56. The number of thiazole rings is 1. The Morgan fingerprint density at radius 2 is 2.06 bits per heavy atom. The molecule has 1 aromatic heterocycles. The summed E-state index contributed by atoms with van der Waals surface area (Å²) in [5.74, 6) is -0.158. The van der Waals surface area contributed by atoms with Crippen molar-refractivity contribution in [2.45, 2.75) is 70.8 Å². The molecule has 1 N–H and O–H groups in total. The van der Waals surface area contributed by atoms with Gasteiger partial charge in [-0.15, -0.1) is 11.3 Å². The van der Waals surface area contributed by atoms with Crippen molar-refractivity contribution in [2.24, 2.45) is 11.8 Å². The summed E-state index contributed by atoms with van der Waals surface area (Å²) in [4.78, 5) is 42.0. The van der Waals surface area contributed by atoms with E-state index >= 15 is 0 Å². The van der Waals surface area contributed by atoms with Crippen molar-refractivity contribution < 1.29 is 14.4 Å². The molecule has 5 nitrogen and oxygen atoms in total. The Morgan fingerprint density at radius 1 is 1.31 bits per heavy atom. The summed E-state index contributed by atoms with van der Waals surface area (Å²) in [6, 6.07) is 5.49. The van der Waals surface area contributed by atoms with Gasteiger partial charge < -0.3 is 5.32 Å². The van der Waals surface area contributed by atoms with Crippen LogP contribution in [0.2, 0.25) is 5.02 Å². The molecule has 172 valence electrons. The second-order valence-corrected chi connectivity index (χ2v) is 10.1. The van der Waals surface area contributed by atoms with E-state index in [4.69, 9.17) is 11.6 Å². The zero-order valence-corrected chi connectivity index (χ0v) is 20.1. The minimum atomic E-state index is -0.475. The van der Waals surface area contributed by atoms with Gasteiger partial charge in [0, 0.05) is 36.7 Å². The standard InChI is InChI=1S/C25H31ClN2O3S/c1-3-19(29)10-12-21(16-7-5-6-8-16)28-25(31)17(13-20(30)4-2)14-24-27-22-11-9-18(26)15-23(22)32-24/h3,9,11,15-17,21H,1,4-8,10,12-14H2,2H3,(H,28,31)/t17-,21+/m0/s1. The lowest BCUT2D eigenvalue weighted by Gasteiger charge is -2.27. The molecule has 1 amide bonds. The molecule has 0 spiro atoms. The molecule has 1 heterocycles. The van der Waals surface area contributed by atoms with Gasteiger partial charge in [-0.05, 0) is 49.5 Å². The van der Waals surface area contributed by atoms with E-state index in [9.17, 15) is 14.4 Å². The van der Waals surface area contributed by atoms with Crippen LogP contribution in [-0.4, -0.2) is 28.5 Å². The number of benzene rings is 1. The number of rotatable bonds is 12. The number of aromatic nitrogens is 1. The van der Waals surface area contributed by atoms with Crippen molar-refractivity contribution in [3.63, 3.8) is 0 Å².